The highest BCUT2D eigenvalue weighted by Crippen LogP contribution is 2.49. The number of likely N-dealkylation sites (N-methyl/N-ethyl adjacent to an activating group) is 1. The maximum Gasteiger partial charge on any atom is 0.230 e. The lowest BCUT2D eigenvalue weighted by atomic mass is 9.73. The van der Waals surface area contributed by atoms with Gasteiger partial charge in [-0.1, -0.05) is 36.4 Å². The van der Waals surface area contributed by atoms with Gasteiger partial charge in [0.25, 0.3) is 0 Å². The molecule has 4 rings (SSSR count). The first-order valence-electron chi connectivity index (χ1n) is 9.15. The molecule has 2 saturated heterocycles. The van der Waals surface area contributed by atoms with Gasteiger partial charge in [-0.2, -0.15) is 0 Å². The van der Waals surface area contributed by atoms with E-state index in [1.165, 1.54) is 5.56 Å². The molecule has 0 N–H and O–H groups in total. The van der Waals surface area contributed by atoms with Crippen molar-refractivity contribution < 1.29 is 9.53 Å². The molecule has 136 valence electrons. The number of carbonyl (C=O) groups excluding carboxylic acids is 1. The second kappa shape index (κ2) is 6.72. The summed E-state index contributed by atoms with van der Waals surface area (Å²) in [6.07, 6.45) is 2.65. The Bertz CT molecular complexity index is 795. The molecular weight excluding hydrogens is 326 g/mol. The fourth-order valence-electron chi connectivity index (χ4n) is 4.65. The van der Waals surface area contributed by atoms with Crippen molar-refractivity contribution in [3.05, 3.63) is 59.8 Å². The van der Waals surface area contributed by atoms with Crippen molar-refractivity contribution in [1.82, 2.24) is 14.8 Å². The zero-order chi connectivity index (χ0) is 18.1. The molecule has 26 heavy (non-hydrogen) atoms. The third kappa shape index (κ3) is 2.76. The maximum atomic E-state index is 13.1. The minimum absolute atomic E-state index is 0.252. The number of pyridine rings is 1. The van der Waals surface area contributed by atoms with Crippen molar-refractivity contribution in [2.75, 3.05) is 33.8 Å². The van der Waals surface area contributed by atoms with Crippen LogP contribution in [0.5, 0.6) is 5.88 Å². The van der Waals surface area contributed by atoms with Gasteiger partial charge < -0.3 is 9.64 Å². The van der Waals surface area contributed by atoms with Crippen LogP contribution in [0.2, 0.25) is 0 Å². The van der Waals surface area contributed by atoms with E-state index in [1.54, 1.807) is 13.3 Å². The molecule has 0 bridgehead atoms. The summed E-state index contributed by atoms with van der Waals surface area (Å²) in [4.78, 5) is 21.7. The molecule has 1 aromatic heterocycles. The molecular formula is C21H25N3O2. The molecule has 2 aromatic rings. The molecule has 1 amide bonds. The van der Waals surface area contributed by atoms with Crippen molar-refractivity contribution >= 4 is 5.91 Å². The van der Waals surface area contributed by atoms with Crippen LogP contribution < -0.4 is 4.74 Å². The summed E-state index contributed by atoms with van der Waals surface area (Å²) in [5.41, 5.74) is 2.03. The number of benzene rings is 1. The first kappa shape index (κ1) is 17.0. The quantitative estimate of drug-likeness (QED) is 0.849. The van der Waals surface area contributed by atoms with E-state index < -0.39 is 0 Å². The molecule has 2 aliphatic rings. The van der Waals surface area contributed by atoms with E-state index in [4.69, 9.17) is 4.74 Å². The van der Waals surface area contributed by atoms with E-state index in [9.17, 15) is 4.79 Å². The highest BCUT2D eigenvalue weighted by Gasteiger charge is 2.56. The van der Waals surface area contributed by atoms with Crippen molar-refractivity contribution in [1.29, 1.82) is 0 Å². The third-order valence-electron chi connectivity index (χ3n) is 5.92. The Labute approximate surface area is 154 Å². The zero-order valence-corrected chi connectivity index (χ0v) is 15.4. The van der Waals surface area contributed by atoms with Crippen LogP contribution in [-0.4, -0.2) is 54.5 Å². The molecule has 2 atom stereocenters. The molecule has 2 fully saturated rings. The number of aromatic nitrogens is 1. The third-order valence-corrected chi connectivity index (χ3v) is 5.92. The van der Waals surface area contributed by atoms with E-state index in [2.05, 4.69) is 34.1 Å². The molecule has 3 heterocycles. The van der Waals surface area contributed by atoms with Crippen molar-refractivity contribution in [3.8, 4) is 5.88 Å². The largest absolute Gasteiger partial charge is 0.481 e. The number of carbonyl (C=O) groups is 1. The molecule has 5 heteroatoms. The number of ether oxygens (including phenoxy) is 1. The number of rotatable bonds is 4. The summed E-state index contributed by atoms with van der Waals surface area (Å²) in [5.74, 6) is 1.21. The van der Waals surface area contributed by atoms with Crippen LogP contribution in [0.3, 0.4) is 0 Å². The Balaban J connectivity index is 1.59. The predicted octanol–water partition coefficient (Wildman–Crippen LogP) is 2.54. The van der Waals surface area contributed by atoms with Gasteiger partial charge in [-0.15, -0.1) is 0 Å². The molecule has 2 aliphatic heterocycles. The first-order chi connectivity index (χ1) is 12.6. The van der Waals surface area contributed by atoms with Gasteiger partial charge in [0.15, 0.2) is 0 Å². The van der Waals surface area contributed by atoms with Gasteiger partial charge in [-0.3, -0.25) is 9.69 Å². The van der Waals surface area contributed by atoms with Crippen LogP contribution in [0.4, 0.5) is 0 Å². The van der Waals surface area contributed by atoms with Gasteiger partial charge >= 0.3 is 0 Å². The average molecular weight is 351 g/mol. The Morgan fingerprint density at radius 3 is 2.81 bits per heavy atom. The van der Waals surface area contributed by atoms with Gasteiger partial charge in [0, 0.05) is 44.4 Å². The average Bonchev–Trinajstić information content (AvgIpc) is 3.20. The van der Waals surface area contributed by atoms with Crippen molar-refractivity contribution in [2.45, 2.75) is 18.9 Å². The lowest BCUT2D eigenvalue weighted by Gasteiger charge is -2.29. The highest BCUT2D eigenvalue weighted by molar-refractivity contribution is 5.87. The fraction of sp³-hybridized carbons (Fsp3) is 0.429. The number of hydrogen-bond acceptors (Lipinski definition) is 4. The smallest absolute Gasteiger partial charge is 0.230 e. The molecule has 0 aliphatic carbocycles. The number of methoxy groups -OCH3 is 1. The van der Waals surface area contributed by atoms with Crippen LogP contribution in [0, 0.1) is 5.41 Å². The van der Waals surface area contributed by atoms with Crippen LogP contribution >= 0.6 is 0 Å². The van der Waals surface area contributed by atoms with Gasteiger partial charge in [-0.25, -0.2) is 4.98 Å². The van der Waals surface area contributed by atoms with Gasteiger partial charge in [0.2, 0.25) is 11.8 Å². The summed E-state index contributed by atoms with van der Waals surface area (Å²) < 4.78 is 5.39. The SMILES string of the molecule is COc1ncccc1CN1CC[C@]2(C1)C(=O)N(C)C[C@@H]2c1ccccc1. The monoisotopic (exact) mass is 351 g/mol. The van der Waals surface area contributed by atoms with E-state index >= 15 is 0 Å². The standard InChI is InChI=1S/C21H25N3O2/c1-23-14-18(16-7-4-3-5-8-16)21(20(23)25)10-12-24(15-21)13-17-9-6-11-22-19(17)26-2/h3-9,11,18H,10,12-15H2,1-2H3/t18-,21-/m1/s1. The summed E-state index contributed by atoms with van der Waals surface area (Å²) in [6, 6.07) is 14.5. The number of hydrogen-bond donors (Lipinski definition) is 0. The Kier molecular flexibility index (Phi) is 4.41. The number of amides is 1. The lowest BCUT2D eigenvalue weighted by molar-refractivity contribution is -0.134. The maximum absolute atomic E-state index is 13.1. The predicted molar refractivity (Wildman–Crippen MR) is 99.9 cm³/mol. The summed E-state index contributed by atoms with van der Waals surface area (Å²) >= 11 is 0. The topological polar surface area (TPSA) is 45.7 Å². The van der Waals surface area contributed by atoms with Gasteiger partial charge in [0.05, 0.1) is 12.5 Å². The molecule has 0 unspecified atom stereocenters. The molecule has 1 spiro atoms. The second-order valence-electron chi connectivity index (χ2n) is 7.44. The number of likely N-dealkylation sites (tertiary alicyclic amines) is 2. The number of nitrogens with zero attached hydrogens (tertiary/aromatic N) is 3. The first-order valence-corrected chi connectivity index (χ1v) is 9.15. The van der Waals surface area contributed by atoms with Crippen LogP contribution in [0.1, 0.15) is 23.5 Å². The molecule has 0 saturated carbocycles. The highest BCUT2D eigenvalue weighted by atomic mass is 16.5. The minimum Gasteiger partial charge on any atom is -0.481 e. The second-order valence-corrected chi connectivity index (χ2v) is 7.44. The Hall–Kier alpha value is -2.40. The van der Waals surface area contributed by atoms with E-state index in [-0.39, 0.29) is 17.2 Å². The van der Waals surface area contributed by atoms with Crippen LogP contribution in [0.25, 0.3) is 0 Å². The Morgan fingerprint density at radius 1 is 1.23 bits per heavy atom. The lowest BCUT2D eigenvalue weighted by Crippen LogP contribution is -2.37. The van der Waals surface area contributed by atoms with E-state index in [1.807, 2.05) is 30.1 Å². The summed E-state index contributed by atoms with van der Waals surface area (Å²) in [7, 11) is 3.58. The normalized spacial score (nSPS) is 26.0. The molecule has 5 nitrogen and oxygen atoms in total. The Morgan fingerprint density at radius 2 is 2.04 bits per heavy atom. The fourth-order valence-corrected chi connectivity index (χ4v) is 4.65. The van der Waals surface area contributed by atoms with Gasteiger partial charge in [0.1, 0.15) is 0 Å². The van der Waals surface area contributed by atoms with Crippen LogP contribution in [-0.2, 0) is 11.3 Å². The van der Waals surface area contributed by atoms with E-state index in [0.717, 1.165) is 38.2 Å². The zero-order valence-electron chi connectivity index (χ0n) is 15.4. The van der Waals surface area contributed by atoms with Crippen LogP contribution in [0.15, 0.2) is 48.7 Å². The van der Waals surface area contributed by atoms with E-state index in [0.29, 0.717) is 5.88 Å². The summed E-state index contributed by atoms with van der Waals surface area (Å²) in [5, 5.41) is 0. The van der Waals surface area contributed by atoms with Crippen molar-refractivity contribution in [2.24, 2.45) is 5.41 Å². The molecule has 0 radical (unpaired) electrons. The van der Waals surface area contributed by atoms with Crippen molar-refractivity contribution in [3.63, 3.8) is 0 Å². The van der Waals surface area contributed by atoms with Gasteiger partial charge in [-0.05, 0) is 24.6 Å². The minimum atomic E-state index is -0.314. The molecule has 1 aromatic carbocycles. The summed E-state index contributed by atoms with van der Waals surface area (Å²) in [6.45, 7) is 3.26.